The molecule has 0 aliphatic carbocycles. The first kappa shape index (κ1) is 12.7. The van der Waals surface area contributed by atoms with E-state index in [1.54, 1.807) is 26.0 Å². The van der Waals surface area contributed by atoms with Gasteiger partial charge in [-0.25, -0.2) is 4.79 Å². The quantitative estimate of drug-likeness (QED) is 0.707. The molecule has 5 nitrogen and oxygen atoms in total. The Balaban J connectivity index is 2.42. The van der Waals surface area contributed by atoms with Gasteiger partial charge in [-0.05, 0) is 26.0 Å². The summed E-state index contributed by atoms with van der Waals surface area (Å²) in [6, 6.07) is 3.29. The highest BCUT2D eigenvalue weighted by Gasteiger charge is 2.11. The van der Waals surface area contributed by atoms with Gasteiger partial charge in [-0.15, -0.1) is 0 Å². The number of hydrogen-bond donors (Lipinski definition) is 2. The van der Waals surface area contributed by atoms with Crippen molar-refractivity contribution in [3.05, 3.63) is 23.7 Å². The second-order valence-corrected chi connectivity index (χ2v) is 3.47. The van der Waals surface area contributed by atoms with Crippen LogP contribution in [0.25, 0.3) is 0 Å². The summed E-state index contributed by atoms with van der Waals surface area (Å²) < 4.78 is 10.1. The van der Waals surface area contributed by atoms with Gasteiger partial charge in [0, 0.05) is 6.54 Å². The molecule has 16 heavy (non-hydrogen) atoms. The largest absolute Gasteiger partial charge is 0.460 e. The standard InChI is InChI=1S/C11H17NO4/c1-3-15-11(14)10-5-4-9(16-10)7-12-6-8(2)13/h4-5,8,12-13H,3,6-7H2,1-2H3. The van der Waals surface area contributed by atoms with E-state index in [1.807, 2.05) is 0 Å². The van der Waals surface area contributed by atoms with Gasteiger partial charge < -0.3 is 19.6 Å². The molecule has 0 aromatic carbocycles. The van der Waals surface area contributed by atoms with E-state index < -0.39 is 12.1 Å². The fourth-order valence-corrected chi connectivity index (χ4v) is 1.19. The van der Waals surface area contributed by atoms with Gasteiger partial charge in [0.25, 0.3) is 0 Å². The molecule has 1 aromatic heterocycles. The van der Waals surface area contributed by atoms with Gasteiger partial charge in [0.15, 0.2) is 0 Å². The Hall–Kier alpha value is -1.33. The number of carbonyl (C=O) groups excluding carboxylic acids is 1. The Labute approximate surface area is 94.4 Å². The summed E-state index contributed by atoms with van der Waals surface area (Å²) in [6.07, 6.45) is -0.403. The highest BCUT2D eigenvalue weighted by atomic mass is 16.5. The van der Waals surface area contributed by atoms with Crippen molar-refractivity contribution in [3.8, 4) is 0 Å². The fraction of sp³-hybridized carbons (Fsp3) is 0.545. The minimum Gasteiger partial charge on any atom is -0.460 e. The molecule has 0 spiro atoms. The normalized spacial score (nSPS) is 12.4. The van der Waals surface area contributed by atoms with Gasteiger partial charge in [0.1, 0.15) is 5.76 Å². The average molecular weight is 227 g/mol. The summed E-state index contributed by atoms with van der Waals surface area (Å²) in [4.78, 5) is 11.3. The van der Waals surface area contributed by atoms with Crippen LogP contribution in [0.1, 0.15) is 30.2 Å². The number of ether oxygens (including phenoxy) is 1. The topological polar surface area (TPSA) is 71.7 Å². The summed E-state index contributed by atoms with van der Waals surface area (Å²) in [6.45, 7) is 4.72. The van der Waals surface area contributed by atoms with Gasteiger partial charge in [-0.3, -0.25) is 0 Å². The first-order chi connectivity index (χ1) is 7.63. The molecule has 1 unspecified atom stereocenters. The lowest BCUT2D eigenvalue weighted by atomic mass is 10.4. The zero-order valence-electron chi connectivity index (χ0n) is 9.53. The number of aliphatic hydroxyl groups is 1. The van der Waals surface area contributed by atoms with E-state index in [9.17, 15) is 4.79 Å². The van der Waals surface area contributed by atoms with Crippen molar-refractivity contribution < 1.29 is 19.1 Å². The molecule has 0 saturated heterocycles. The number of hydrogen-bond acceptors (Lipinski definition) is 5. The first-order valence-electron chi connectivity index (χ1n) is 5.28. The monoisotopic (exact) mass is 227 g/mol. The van der Waals surface area contributed by atoms with Crippen LogP contribution >= 0.6 is 0 Å². The van der Waals surface area contributed by atoms with Crippen LogP contribution in [0, 0.1) is 0 Å². The van der Waals surface area contributed by atoms with E-state index in [4.69, 9.17) is 14.3 Å². The molecule has 0 aliphatic heterocycles. The number of aliphatic hydroxyl groups excluding tert-OH is 1. The summed E-state index contributed by atoms with van der Waals surface area (Å²) in [5.74, 6) is 0.392. The Morgan fingerprint density at radius 1 is 1.62 bits per heavy atom. The van der Waals surface area contributed by atoms with E-state index >= 15 is 0 Å². The van der Waals surface area contributed by atoms with Gasteiger partial charge in [0.05, 0.1) is 19.3 Å². The van der Waals surface area contributed by atoms with Crippen LogP contribution in [-0.4, -0.2) is 30.3 Å². The molecule has 2 N–H and O–H groups in total. The Kier molecular flexibility index (Phi) is 5.01. The van der Waals surface area contributed by atoms with Crippen molar-refractivity contribution in [2.45, 2.75) is 26.5 Å². The van der Waals surface area contributed by atoms with E-state index in [0.717, 1.165) is 0 Å². The summed E-state index contributed by atoms with van der Waals surface area (Å²) in [7, 11) is 0. The van der Waals surface area contributed by atoms with Gasteiger partial charge in [-0.2, -0.15) is 0 Å². The number of carbonyl (C=O) groups is 1. The molecule has 1 heterocycles. The van der Waals surface area contributed by atoms with Gasteiger partial charge in [0.2, 0.25) is 5.76 Å². The number of esters is 1. The van der Waals surface area contributed by atoms with Crippen LogP contribution < -0.4 is 5.32 Å². The Morgan fingerprint density at radius 2 is 2.38 bits per heavy atom. The minimum absolute atomic E-state index is 0.204. The highest BCUT2D eigenvalue weighted by molar-refractivity contribution is 5.86. The molecule has 0 fully saturated rings. The van der Waals surface area contributed by atoms with Crippen LogP contribution in [-0.2, 0) is 11.3 Å². The fourth-order valence-electron chi connectivity index (χ4n) is 1.19. The molecule has 0 bridgehead atoms. The van der Waals surface area contributed by atoms with E-state index in [-0.39, 0.29) is 5.76 Å². The molecule has 0 amide bonds. The molecule has 5 heteroatoms. The summed E-state index contributed by atoms with van der Waals surface area (Å²) in [5.41, 5.74) is 0. The van der Waals surface area contributed by atoms with Crippen LogP contribution in [0.5, 0.6) is 0 Å². The minimum atomic E-state index is -0.454. The molecule has 0 saturated carbocycles. The third kappa shape index (κ3) is 4.04. The van der Waals surface area contributed by atoms with Crippen LogP contribution in [0.2, 0.25) is 0 Å². The number of furan rings is 1. The van der Waals surface area contributed by atoms with Crippen molar-refractivity contribution >= 4 is 5.97 Å². The van der Waals surface area contributed by atoms with Crippen molar-refractivity contribution in [2.75, 3.05) is 13.2 Å². The van der Waals surface area contributed by atoms with Crippen molar-refractivity contribution in [3.63, 3.8) is 0 Å². The second-order valence-electron chi connectivity index (χ2n) is 3.47. The summed E-state index contributed by atoms with van der Waals surface area (Å²) >= 11 is 0. The average Bonchev–Trinajstić information content (AvgIpc) is 2.66. The molecular weight excluding hydrogens is 210 g/mol. The zero-order valence-corrected chi connectivity index (χ0v) is 9.53. The van der Waals surface area contributed by atoms with Crippen molar-refractivity contribution in [1.82, 2.24) is 5.32 Å². The smallest absolute Gasteiger partial charge is 0.374 e. The molecular formula is C11H17NO4. The van der Waals surface area contributed by atoms with E-state index in [0.29, 0.717) is 25.5 Å². The Bertz CT molecular complexity index is 332. The van der Waals surface area contributed by atoms with E-state index in [2.05, 4.69) is 5.32 Å². The van der Waals surface area contributed by atoms with Crippen molar-refractivity contribution in [1.29, 1.82) is 0 Å². The zero-order chi connectivity index (χ0) is 12.0. The number of nitrogens with one attached hydrogen (secondary N) is 1. The van der Waals surface area contributed by atoms with Crippen LogP contribution in [0.4, 0.5) is 0 Å². The maximum atomic E-state index is 11.3. The molecule has 90 valence electrons. The third-order valence-electron chi connectivity index (χ3n) is 1.88. The highest BCUT2D eigenvalue weighted by Crippen LogP contribution is 2.08. The van der Waals surface area contributed by atoms with Gasteiger partial charge >= 0.3 is 5.97 Å². The lowest BCUT2D eigenvalue weighted by Gasteiger charge is -2.04. The SMILES string of the molecule is CCOC(=O)c1ccc(CNCC(C)O)o1. The maximum Gasteiger partial charge on any atom is 0.374 e. The molecule has 0 aliphatic rings. The van der Waals surface area contributed by atoms with Crippen molar-refractivity contribution in [2.24, 2.45) is 0 Å². The molecule has 0 radical (unpaired) electrons. The van der Waals surface area contributed by atoms with Crippen LogP contribution in [0.3, 0.4) is 0 Å². The lowest BCUT2D eigenvalue weighted by Crippen LogP contribution is -2.23. The third-order valence-corrected chi connectivity index (χ3v) is 1.88. The van der Waals surface area contributed by atoms with Crippen LogP contribution in [0.15, 0.2) is 16.5 Å². The lowest BCUT2D eigenvalue weighted by molar-refractivity contribution is 0.0487. The Morgan fingerprint density at radius 3 is 3.00 bits per heavy atom. The maximum absolute atomic E-state index is 11.3. The molecule has 1 aromatic rings. The van der Waals surface area contributed by atoms with E-state index in [1.165, 1.54) is 0 Å². The molecule has 1 rings (SSSR count). The van der Waals surface area contributed by atoms with Gasteiger partial charge in [-0.1, -0.05) is 0 Å². The number of rotatable bonds is 6. The predicted octanol–water partition coefficient (Wildman–Crippen LogP) is 0.927. The molecule has 1 atom stereocenters. The predicted molar refractivity (Wildman–Crippen MR) is 58.1 cm³/mol. The second kappa shape index (κ2) is 6.30. The summed E-state index contributed by atoms with van der Waals surface area (Å²) in [5, 5.41) is 12.0. The first-order valence-corrected chi connectivity index (χ1v) is 5.28.